The molecule has 1 aromatic heterocycles. The van der Waals surface area contributed by atoms with Crippen LogP contribution in [0.25, 0.3) is 0 Å². The van der Waals surface area contributed by atoms with Gasteiger partial charge in [0.15, 0.2) is 0 Å². The molecular formula is C17H25ClN6O4. The Morgan fingerprint density at radius 2 is 1.79 bits per heavy atom. The maximum absolute atomic E-state index is 12.3. The molecule has 2 heterocycles. The Labute approximate surface area is 167 Å². The van der Waals surface area contributed by atoms with E-state index in [0.29, 0.717) is 18.8 Å². The predicted molar refractivity (Wildman–Crippen MR) is 103 cm³/mol. The van der Waals surface area contributed by atoms with Gasteiger partial charge < -0.3 is 26.0 Å². The molecule has 0 spiro atoms. The zero-order valence-corrected chi connectivity index (χ0v) is 16.2. The van der Waals surface area contributed by atoms with Crippen LogP contribution in [0.3, 0.4) is 0 Å². The number of aliphatic hydroxyl groups is 1. The number of nitrogens with zero attached hydrogens (tertiary/aromatic N) is 2. The summed E-state index contributed by atoms with van der Waals surface area (Å²) < 4.78 is 0. The van der Waals surface area contributed by atoms with Gasteiger partial charge in [-0.2, -0.15) is 5.10 Å². The highest BCUT2D eigenvalue weighted by Gasteiger charge is 2.28. The Morgan fingerprint density at radius 1 is 1.14 bits per heavy atom. The number of aliphatic hydroxyl groups excluding tert-OH is 1. The number of hydrogen-bond acceptors (Lipinski definition) is 6. The summed E-state index contributed by atoms with van der Waals surface area (Å²) in [5, 5.41) is 23.7. The summed E-state index contributed by atoms with van der Waals surface area (Å²) in [5.41, 5.74) is 0.137. The van der Waals surface area contributed by atoms with Gasteiger partial charge in [-0.25, -0.2) is 9.89 Å². The SMILES string of the molecule is O=C(CO)NC1CCC(NC(=O)NC2CCN(c3cn[nH]c(=O)c3Cl)C2)CC1. The van der Waals surface area contributed by atoms with Crippen molar-refractivity contribution in [2.24, 2.45) is 0 Å². The average Bonchev–Trinajstić information content (AvgIpc) is 3.13. The highest BCUT2D eigenvalue weighted by atomic mass is 35.5. The third-order valence-corrected chi connectivity index (χ3v) is 5.58. The lowest BCUT2D eigenvalue weighted by Crippen LogP contribution is -2.49. The Kier molecular flexibility index (Phi) is 6.74. The second kappa shape index (κ2) is 9.24. The van der Waals surface area contributed by atoms with Gasteiger partial charge in [0.1, 0.15) is 11.6 Å². The summed E-state index contributed by atoms with van der Waals surface area (Å²) in [5.74, 6) is -0.365. The molecule has 3 rings (SSSR count). The number of urea groups is 1. The number of carbonyl (C=O) groups excluding carboxylic acids is 2. The fraction of sp³-hybridized carbons (Fsp3) is 0.647. The van der Waals surface area contributed by atoms with Crippen molar-refractivity contribution in [3.05, 3.63) is 21.6 Å². The van der Waals surface area contributed by atoms with Gasteiger partial charge in [-0.05, 0) is 32.1 Å². The van der Waals surface area contributed by atoms with E-state index in [1.54, 1.807) is 0 Å². The van der Waals surface area contributed by atoms with E-state index in [1.165, 1.54) is 6.20 Å². The van der Waals surface area contributed by atoms with Crippen molar-refractivity contribution in [1.29, 1.82) is 0 Å². The first-order valence-corrected chi connectivity index (χ1v) is 9.79. The summed E-state index contributed by atoms with van der Waals surface area (Å²) >= 11 is 6.04. The number of halogens is 1. The van der Waals surface area contributed by atoms with Crippen LogP contribution in [0.15, 0.2) is 11.0 Å². The molecule has 1 aliphatic carbocycles. The summed E-state index contributed by atoms with van der Waals surface area (Å²) in [7, 11) is 0. The molecule has 0 aromatic carbocycles. The Bertz CT molecular complexity index is 764. The number of aromatic amines is 1. The smallest absolute Gasteiger partial charge is 0.315 e. The summed E-state index contributed by atoms with van der Waals surface area (Å²) in [6, 6.07) is -0.150. The maximum Gasteiger partial charge on any atom is 0.315 e. The molecule has 1 atom stereocenters. The van der Waals surface area contributed by atoms with E-state index in [-0.39, 0.29) is 35.1 Å². The molecule has 1 aliphatic heterocycles. The van der Waals surface area contributed by atoms with Crippen LogP contribution < -0.4 is 26.4 Å². The Hall–Kier alpha value is -2.33. The van der Waals surface area contributed by atoms with Crippen LogP contribution in [0.1, 0.15) is 32.1 Å². The lowest BCUT2D eigenvalue weighted by Gasteiger charge is -2.30. The third kappa shape index (κ3) is 5.14. The van der Waals surface area contributed by atoms with E-state index >= 15 is 0 Å². The standard InChI is InChI=1S/C17H25ClN6O4/c18-15-13(7-19-23-16(15)27)24-6-5-12(8-24)22-17(28)21-11-3-1-10(2-4-11)20-14(26)9-25/h7,10-12,25H,1-6,8-9H2,(H,20,26)(H,23,27)(H2,21,22,28). The fourth-order valence-corrected chi connectivity index (χ4v) is 3.97. The van der Waals surface area contributed by atoms with E-state index in [1.807, 2.05) is 4.90 Å². The van der Waals surface area contributed by atoms with Crippen molar-refractivity contribution < 1.29 is 14.7 Å². The highest BCUT2D eigenvalue weighted by molar-refractivity contribution is 6.33. The number of rotatable bonds is 5. The van der Waals surface area contributed by atoms with Gasteiger partial charge in [0.25, 0.3) is 5.56 Å². The summed E-state index contributed by atoms with van der Waals surface area (Å²) in [6.07, 6.45) is 5.34. The minimum atomic E-state index is -0.502. The number of nitrogens with one attached hydrogen (secondary N) is 4. The van der Waals surface area contributed by atoms with Gasteiger partial charge in [-0.15, -0.1) is 0 Å². The molecule has 1 saturated heterocycles. The molecule has 3 amide bonds. The molecule has 154 valence electrons. The van der Waals surface area contributed by atoms with E-state index in [4.69, 9.17) is 16.7 Å². The third-order valence-electron chi connectivity index (χ3n) is 5.21. The number of H-pyrrole nitrogens is 1. The van der Waals surface area contributed by atoms with E-state index < -0.39 is 12.2 Å². The molecule has 0 bridgehead atoms. The first-order chi connectivity index (χ1) is 13.5. The van der Waals surface area contributed by atoms with Crippen LogP contribution in [0.5, 0.6) is 0 Å². The quantitative estimate of drug-likeness (QED) is 0.450. The predicted octanol–water partition coefficient (Wildman–Crippen LogP) is -0.279. The Balaban J connectivity index is 1.42. The fourth-order valence-electron chi connectivity index (χ4n) is 3.76. The maximum atomic E-state index is 12.3. The monoisotopic (exact) mass is 412 g/mol. The lowest BCUT2D eigenvalue weighted by atomic mass is 9.91. The van der Waals surface area contributed by atoms with Crippen LogP contribution in [-0.4, -0.2) is 65.1 Å². The minimum absolute atomic E-state index is 0.0458. The van der Waals surface area contributed by atoms with Crippen molar-refractivity contribution in [2.75, 3.05) is 24.6 Å². The topological polar surface area (TPSA) is 139 Å². The van der Waals surface area contributed by atoms with Crippen molar-refractivity contribution in [3.63, 3.8) is 0 Å². The van der Waals surface area contributed by atoms with Gasteiger partial charge in [0, 0.05) is 31.2 Å². The minimum Gasteiger partial charge on any atom is -0.387 e. The van der Waals surface area contributed by atoms with Crippen LogP contribution in [0, 0.1) is 0 Å². The van der Waals surface area contributed by atoms with Crippen LogP contribution in [0.2, 0.25) is 5.02 Å². The van der Waals surface area contributed by atoms with E-state index in [9.17, 15) is 14.4 Å². The average molecular weight is 413 g/mol. The van der Waals surface area contributed by atoms with E-state index in [2.05, 4.69) is 26.1 Å². The van der Waals surface area contributed by atoms with Crippen LogP contribution >= 0.6 is 11.6 Å². The van der Waals surface area contributed by atoms with Crippen molar-refractivity contribution in [1.82, 2.24) is 26.1 Å². The summed E-state index contributed by atoms with van der Waals surface area (Å²) in [6.45, 7) is 0.724. The van der Waals surface area contributed by atoms with Crippen LogP contribution in [0.4, 0.5) is 10.5 Å². The Morgan fingerprint density at radius 3 is 2.46 bits per heavy atom. The lowest BCUT2D eigenvalue weighted by molar-refractivity contribution is -0.124. The highest BCUT2D eigenvalue weighted by Crippen LogP contribution is 2.24. The largest absolute Gasteiger partial charge is 0.387 e. The molecular weight excluding hydrogens is 388 g/mol. The zero-order valence-electron chi connectivity index (χ0n) is 15.4. The number of aromatic nitrogens is 2. The van der Waals surface area contributed by atoms with Crippen molar-refractivity contribution in [3.8, 4) is 0 Å². The molecule has 2 aliphatic rings. The molecule has 28 heavy (non-hydrogen) atoms. The van der Waals surface area contributed by atoms with Gasteiger partial charge in [0.05, 0.1) is 11.9 Å². The first-order valence-electron chi connectivity index (χ1n) is 9.41. The van der Waals surface area contributed by atoms with Gasteiger partial charge in [-0.3, -0.25) is 9.59 Å². The second-order valence-electron chi connectivity index (χ2n) is 7.22. The number of carbonyl (C=O) groups is 2. The number of amides is 3. The van der Waals surface area contributed by atoms with Crippen molar-refractivity contribution in [2.45, 2.75) is 50.2 Å². The molecule has 1 saturated carbocycles. The second-order valence-corrected chi connectivity index (χ2v) is 7.60. The van der Waals surface area contributed by atoms with Crippen LogP contribution in [-0.2, 0) is 4.79 Å². The molecule has 11 heteroatoms. The molecule has 5 N–H and O–H groups in total. The molecule has 2 fully saturated rings. The number of anilines is 1. The molecule has 10 nitrogen and oxygen atoms in total. The van der Waals surface area contributed by atoms with Gasteiger partial charge >= 0.3 is 6.03 Å². The molecule has 1 aromatic rings. The normalized spacial score (nSPS) is 24.6. The molecule has 1 unspecified atom stereocenters. The van der Waals surface area contributed by atoms with Gasteiger partial charge in [-0.1, -0.05) is 11.6 Å². The number of hydrogen-bond donors (Lipinski definition) is 5. The first kappa shape index (κ1) is 20.4. The molecule has 0 radical (unpaired) electrons. The van der Waals surface area contributed by atoms with Crippen molar-refractivity contribution >= 4 is 29.2 Å². The van der Waals surface area contributed by atoms with E-state index in [0.717, 1.165) is 32.1 Å². The van der Waals surface area contributed by atoms with Gasteiger partial charge in [0.2, 0.25) is 5.91 Å². The zero-order chi connectivity index (χ0) is 20.1. The summed E-state index contributed by atoms with van der Waals surface area (Å²) in [4.78, 5) is 37.0.